The molecule has 48 heavy (non-hydrogen) atoms. The first-order valence-electron chi connectivity index (χ1n) is 15.9. The molecule has 2 unspecified atom stereocenters. The number of rotatable bonds is 9. The lowest BCUT2D eigenvalue weighted by Gasteiger charge is -2.37. The summed E-state index contributed by atoms with van der Waals surface area (Å²) >= 11 is 0. The second-order valence-electron chi connectivity index (χ2n) is 13.2. The van der Waals surface area contributed by atoms with Crippen molar-refractivity contribution in [2.75, 3.05) is 13.6 Å². The van der Waals surface area contributed by atoms with E-state index in [-0.39, 0.29) is 48.4 Å². The first-order chi connectivity index (χ1) is 22.8. The highest BCUT2D eigenvalue weighted by Crippen LogP contribution is 2.32. The Morgan fingerprint density at radius 3 is 2.42 bits per heavy atom. The highest BCUT2D eigenvalue weighted by molar-refractivity contribution is 5.76. The van der Waals surface area contributed by atoms with Crippen molar-refractivity contribution in [3.05, 3.63) is 101 Å². The zero-order valence-corrected chi connectivity index (χ0v) is 27.8. The summed E-state index contributed by atoms with van der Waals surface area (Å²) in [6.07, 6.45) is 3.64. The summed E-state index contributed by atoms with van der Waals surface area (Å²) in [5.74, 6) is -2.11. The van der Waals surface area contributed by atoms with Crippen LogP contribution in [0.5, 0.6) is 11.5 Å². The van der Waals surface area contributed by atoms with E-state index in [0.29, 0.717) is 18.5 Å². The maximum absolute atomic E-state index is 14.2. The van der Waals surface area contributed by atoms with Crippen LogP contribution in [0.2, 0.25) is 0 Å². The summed E-state index contributed by atoms with van der Waals surface area (Å²) in [6, 6.07) is 14.2. The molecule has 0 N–H and O–H groups in total. The fourth-order valence-electron chi connectivity index (χ4n) is 5.82. The van der Waals surface area contributed by atoms with Crippen molar-refractivity contribution in [2.24, 2.45) is 0 Å². The Balaban J connectivity index is 1.21. The van der Waals surface area contributed by atoms with Crippen LogP contribution in [0.25, 0.3) is 5.69 Å². The molecule has 1 saturated heterocycles. The highest BCUT2D eigenvalue weighted by Gasteiger charge is 2.33. The maximum Gasteiger partial charge on any atom is 0.410 e. The molecule has 0 bridgehead atoms. The lowest BCUT2D eigenvalue weighted by Crippen LogP contribution is -2.46. The Morgan fingerprint density at radius 2 is 1.71 bits per heavy atom. The Kier molecular flexibility index (Phi) is 10.4. The lowest BCUT2D eigenvalue weighted by molar-refractivity contribution is -0.130. The Hall–Kier alpha value is -4.87. The molecule has 3 aromatic carbocycles. The average molecular weight is 664 g/mol. The fraction of sp³-hybridized carbons (Fsp3) is 0.389. The van der Waals surface area contributed by atoms with Crippen molar-refractivity contribution in [1.29, 1.82) is 0 Å². The van der Waals surface area contributed by atoms with Crippen molar-refractivity contribution < 1.29 is 32.2 Å². The molecule has 0 aliphatic carbocycles. The van der Waals surface area contributed by atoms with E-state index in [1.54, 1.807) is 16.6 Å². The van der Waals surface area contributed by atoms with Crippen molar-refractivity contribution >= 4 is 12.0 Å². The second kappa shape index (κ2) is 14.5. The van der Waals surface area contributed by atoms with E-state index in [4.69, 9.17) is 9.47 Å². The Bertz CT molecular complexity index is 1750. The predicted octanol–water partition coefficient (Wildman–Crippen LogP) is 7.57. The maximum atomic E-state index is 14.2. The van der Waals surface area contributed by atoms with Crippen molar-refractivity contribution in [1.82, 2.24) is 24.8 Å². The zero-order chi connectivity index (χ0) is 34.6. The molecule has 0 spiro atoms. The Labute approximate surface area is 278 Å². The van der Waals surface area contributed by atoms with Gasteiger partial charge in [0.1, 0.15) is 34.6 Å². The quantitative estimate of drug-likeness (QED) is 0.184. The van der Waals surface area contributed by atoms with Gasteiger partial charge in [0.05, 0.1) is 17.6 Å². The molecule has 5 rings (SSSR count). The molecule has 12 heteroatoms. The summed E-state index contributed by atoms with van der Waals surface area (Å²) in [5, 5.41) is 8.87. The first-order valence-corrected chi connectivity index (χ1v) is 15.9. The average Bonchev–Trinajstić information content (AvgIpc) is 3.50. The topological polar surface area (TPSA) is 89.8 Å². The van der Waals surface area contributed by atoms with Gasteiger partial charge in [0.2, 0.25) is 5.91 Å². The molecule has 1 aromatic heterocycles. The minimum absolute atomic E-state index is 0.0154. The van der Waals surface area contributed by atoms with Gasteiger partial charge in [-0.2, -0.15) is 0 Å². The van der Waals surface area contributed by atoms with Gasteiger partial charge in [-0.05, 0) is 76.8 Å². The largest absolute Gasteiger partial charge is 0.457 e. The molecular formula is C36H40F3N5O4. The molecule has 4 aromatic rings. The van der Waals surface area contributed by atoms with Gasteiger partial charge in [-0.1, -0.05) is 23.4 Å². The minimum Gasteiger partial charge on any atom is -0.457 e. The normalized spacial score (nSPS) is 16.5. The third-order valence-corrected chi connectivity index (χ3v) is 8.20. The van der Waals surface area contributed by atoms with Crippen LogP contribution < -0.4 is 4.74 Å². The number of halogens is 3. The number of benzene rings is 3. The number of carbonyl (C=O) groups is 2. The molecule has 2 atom stereocenters. The SMILES string of the molecule is CC1CC(c2cn(-c3ccccc3CCC(=O)N(C)Cc3cc(F)ccc3Oc3cc(F)cc(F)c3)nn2)CCN1C(=O)OC(C)(C)C. The molecule has 0 radical (unpaired) electrons. The van der Waals surface area contributed by atoms with Crippen molar-refractivity contribution in [3.63, 3.8) is 0 Å². The molecule has 2 amide bonds. The van der Waals surface area contributed by atoms with Crippen LogP contribution in [0.4, 0.5) is 18.0 Å². The lowest BCUT2D eigenvalue weighted by atomic mass is 9.89. The summed E-state index contributed by atoms with van der Waals surface area (Å²) in [4.78, 5) is 29.1. The van der Waals surface area contributed by atoms with E-state index in [0.717, 1.165) is 48.0 Å². The van der Waals surface area contributed by atoms with Crippen molar-refractivity contribution in [3.8, 4) is 17.2 Å². The number of carbonyl (C=O) groups excluding carboxylic acids is 2. The summed E-state index contributed by atoms with van der Waals surface area (Å²) in [5.41, 5.74) is 2.32. The highest BCUT2D eigenvalue weighted by atomic mass is 19.1. The monoisotopic (exact) mass is 663 g/mol. The van der Waals surface area contributed by atoms with Gasteiger partial charge in [0, 0.05) is 62.3 Å². The Morgan fingerprint density at radius 1 is 0.979 bits per heavy atom. The van der Waals surface area contributed by atoms with E-state index >= 15 is 0 Å². The van der Waals surface area contributed by atoms with Crippen LogP contribution in [0.1, 0.15) is 69.7 Å². The molecule has 2 heterocycles. The number of hydrogen-bond acceptors (Lipinski definition) is 6. The molecule has 1 aliphatic rings. The van der Waals surface area contributed by atoms with Crippen LogP contribution in [0.15, 0.2) is 66.9 Å². The van der Waals surface area contributed by atoms with Crippen molar-refractivity contribution in [2.45, 2.75) is 77.5 Å². The molecule has 1 aliphatic heterocycles. The van der Waals surface area contributed by atoms with E-state index in [2.05, 4.69) is 10.3 Å². The van der Waals surface area contributed by atoms with Gasteiger partial charge in [-0.3, -0.25) is 4.79 Å². The van der Waals surface area contributed by atoms with E-state index in [1.165, 1.54) is 23.1 Å². The number of aromatic nitrogens is 3. The number of nitrogens with zero attached hydrogens (tertiary/aromatic N) is 5. The van der Waals surface area contributed by atoms with Gasteiger partial charge in [-0.25, -0.2) is 22.6 Å². The van der Waals surface area contributed by atoms with Gasteiger partial charge >= 0.3 is 6.09 Å². The third kappa shape index (κ3) is 8.72. The molecule has 0 saturated carbocycles. The minimum atomic E-state index is -0.807. The molecule has 254 valence electrons. The van der Waals surface area contributed by atoms with Gasteiger partial charge < -0.3 is 19.3 Å². The summed E-state index contributed by atoms with van der Waals surface area (Å²) in [7, 11) is 1.60. The van der Waals surface area contributed by atoms with Gasteiger partial charge in [-0.15, -0.1) is 5.10 Å². The van der Waals surface area contributed by atoms with Crippen LogP contribution in [0.3, 0.4) is 0 Å². The number of ether oxygens (including phenoxy) is 2. The summed E-state index contributed by atoms with van der Waals surface area (Å²) < 4.78 is 54.5. The number of para-hydroxylation sites is 1. The second-order valence-corrected chi connectivity index (χ2v) is 13.2. The molecule has 1 fully saturated rings. The standard InChI is InChI=1S/C36H40F3N5O4/c1-23-16-25(14-15-43(23)35(46)48-36(2,3)4)31-22-44(41-40-31)32-9-7-6-8-24(32)10-13-34(45)42(5)21-26-17-27(37)11-12-33(26)47-30-19-28(38)18-29(39)20-30/h6-9,11-12,17-20,22-23,25H,10,13-16,21H2,1-5H3. The third-order valence-electron chi connectivity index (χ3n) is 8.20. The van der Waals surface area contributed by atoms with Crippen LogP contribution >= 0.6 is 0 Å². The number of likely N-dealkylation sites (tertiary alicyclic amines) is 1. The fourth-order valence-corrected chi connectivity index (χ4v) is 5.82. The van der Waals surface area contributed by atoms with E-state index in [1.807, 2.05) is 58.2 Å². The first kappa shape index (κ1) is 34.5. The number of amides is 2. The van der Waals surface area contributed by atoms with Gasteiger partial charge in [0.15, 0.2) is 0 Å². The molecular weight excluding hydrogens is 623 g/mol. The number of piperidine rings is 1. The van der Waals surface area contributed by atoms with Gasteiger partial charge in [0.25, 0.3) is 0 Å². The number of aryl methyl sites for hydroxylation is 1. The summed E-state index contributed by atoms with van der Waals surface area (Å²) in [6.45, 7) is 8.15. The predicted molar refractivity (Wildman–Crippen MR) is 173 cm³/mol. The van der Waals surface area contributed by atoms with Crippen LogP contribution in [0, 0.1) is 17.5 Å². The van der Waals surface area contributed by atoms with E-state index in [9.17, 15) is 22.8 Å². The van der Waals surface area contributed by atoms with Crippen LogP contribution in [-0.2, 0) is 22.5 Å². The molecule has 9 nitrogen and oxygen atoms in total. The van der Waals surface area contributed by atoms with E-state index < -0.39 is 23.1 Å². The number of hydrogen-bond donors (Lipinski definition) is 0. The van der Waals surface area contributed by atoms with Crippen LogP contribution in [-0.4, -0.2) is 62.0 Å². The zero-order valence-electron chi connectivity index (χ0n) is 27.8. The smallest absolute Gasteiger partial charge is 0.410 e.